The quantitative estimate of drug-likeness (QED) is 0.587. The van der Waals surface area contributed by atoms with Gasteiger partial charge in [0.05, 0.1) is 6.10 Å². The molecule has 1 amide bonds. The molecule has 1 aromatic carbocycles. The van der Waals surface area contributed by atoms with Crippen LogP contribution < -0.4 is 17.0 Å². The molecule has 0 aliphatic heterocycles. The SMILES string of the molecule is Cn1c(C(N)=O)cc(=O)n(Cc2nc(C[C@H](O)c3ccc(Cl)cc3)no2)c1=O. The van der Waals surface area contributed by atoms with E-state index in [1.165, 1.54) is 7.05 Å². The molecule has 3 rings (SSSR count). The van der Waals surface area contributed by atoms with Crippen LogP contribution in [0, 0.1) is 0 Å². The van der Waals surface area contributed by atoms with Crippen LogP contribution >= 0.6 is 11.6 Å². The first-order valence-electron chi connectivity index (χ1n) is 8.12. The van der Waals surface area contributed by atoms with E-state index < -0.39 is 23.3 Å². The van der Waals surface area contributed by atoms with Gasteiger partial charge in [-0.1, -0.05) is 28.9 Å². The fourth-order valence-corrected chi connectivity index (χ4v) is 2.73. The van der Waals surface area contributed by atoms with Crippen molar-refractivity contribution in [1.29, 1.82) is 0 Å². The predicted octanol–water partition coefficient (Wildman–Crippen LogP) is 0.00670. The number of carbonyl (C=O) groups excluding carboxylic acids is 1. The Morgan fingerprint density at radius 3 is 2.64 bits per heavy atom. The molecule has 0 saturated heterocycles. The third kappa shape index (κ3) is 4.02. The van der Waals surface area contributed by atoms with Gasteiger partial charge in [-0.15, -0.1) is 0 Å². The minimum absolute atomic E-state index is 0.00401. The molecule has 2 aromatic heterocycles. The van der Waals surface area contributed by atoms with Crippen molar-refractivity contribution in [3.05, 3.63) is 79.2 Å². The van der Waals surface area contributed by atoms with E-state index in [0.29, 0.717) is 10.6 Å². The van der Waals surface area contributed by atoms with Crippen LogP contribution in [0.15, 0.2) is 44.4 Å². The number of amides is 1. The highest BCUT2D eigenvalue weighted by atomic mass is 35.5. The van der Waals surface area contributed by atoms with E-state index in [2.05, 4.69) is 10.1 Å². The number of hydrogen-bond acceptors (Lipinski definition) is 7. The van der Waals surface area contributed by atoms with Crippen molar-refractivity contribution in [3.8, 4) is 0 Å². The molecule has 1 atom stereocenters. The summed E-state index contributed by atoms with van der Waals surface area (Å²) in [6.45, 7) is -0.283. The zero-order chi connectivity index (χ0) is 20.4. The maximum absolute atomic E-state index is 12.3. The van der Waals surface area contributed by atoms with Gasteiger partial charge in [0, 0.05) is 24.6 Å². The summed E-state index contributed by atoms with van der Waals surface area (Å²) in [5.41, 5.74) is 4.09. The summed E-state index contributed by atoms with van der Waals surface area (Å²) in [7, 11) is 1.32. The number of benzene rings is 1. The molecule has 0 bridgehead atoms. The Balaban J connectivity index is 1.79. The number of aliphatic hydroxyl groups excluding tert-OH is 1. The maximum atomic E-state index is 12.3. The largest absolute Gasteiger partial charge is 0.388 e. The molecule has 0 aliphatic rings. The summed E-state index contributed by atoms with van der Waals surface area (Å²) in [5, 5.41) is 14.6. The van der Waals surface area contributed by atoms with E-state index in [1.807, 2.05) is 0 Å². The summed E-state index contributed by atoms with van der Waals surface area (Å²) in [6, 6.07) is 7.62. The van der Waals surface area contributed by atoms with E-state index in [1.54, 1.807) is 24.3 Å². The van der Waals surface area contributed by atoms with Gasteiger partial charge in [-0.3, -0.25) is 18.7 Å². The standard InChI is InChI=1S/C17H16ClN5O5/c1-22-11(16(19)26)6-15(25)23(17(22)27)8-14-20-13(21-28-14)7-12(24)9-2-4-10(18)5-3-9/h2-6,12,24H,7-8H2,1H3,(H2,19,26)/t12-/m0/s1. The minimum Gasteiger partial charge on any atom is -0.388 e. The van der Waals surface area contributed by atoms with Crippen LogP contribution in [-0.2, 0) is 20.0 Å². The third-order valence-electron chi connectivity index (χ3n) is 4.09. The number of primary amides is 1. The molecule has 10 nitrogen and oxygen atoms in total. The first kappa shape index (κ1) is 19.5. The van der Waals surface area contributed by atoms with Gasteiger partial charge in [0.2, 0.25) is 5.89 Å². The van der Waals surface area contributed by atoms with Gasteiger partial charge >= 0.3 is 5.69 Å². The fourth-order valence-electron chi connectivity index (χ4n) is 2.60. The Kier molecular flexibility index (Phi) is 5.43. The van der Waals surface area contributed by atoms with E-state index in [4.69, 9.17) is 21.9 Å². The molecule has 0 saturated carbocycles. The van der Waals surface area contributed by atoms with Crippen molar-refractivity contribution in [2.24, 2.45) is 12.8 Å². The molecule has 28 heavy (non-hydrogen) atoms. The molecule has 3 N–H and O–H groups in total. The zero-order valence-corrected chi connectivity index (χ0v) is 15.5. The first-order chi connectivity index (χ1) is 13.3. The number of halogens is 1. The molecule has 0 radical (unpaired) electrons. The van der Waals surface area contributed by atoms with Crippen LogP contribution in [0.3, 0.4) is 0 Å². The number of rotatable bonds is 6. The topological polar surface area (TPSA) is 146 Å². The van der Waals surface area contributed by atoms with Crippen LogP contribution in [0.4, 0.5) is 0 Å². The lowest BCUT2D eigenvalue weighted by Gasteiger charge is -2.08. The minimum atomic E-state index is -0.889. The van der Waals surface area contributed by atoms with Crippen molar-refractivity contribution in [3.63, 3.8) is 0 Å². The van der Waals surface area contributed by atoms with Crippen molar-refractivity contribution >= 4 is 17.5 Å². The second-order valence-corrected chi connectivity index (χ2v) is 6.47. The van der Waals surface area contributed by atoms with E-state index >= 15 is 0 Å². The number of carbonyl (C=O) groups is 1. The van der Waals surface area contributed by atoms with E-state index in [9.17, 15) is 19.5 Å². The maximum Gasteiger partial charge on any atom is 0.331 e. The van der Waals surface area contributed by atoms with Crippen molar-refractivity contribution < 1.29 is 14.4 Å². The second kappa shape index (κ2) is 7.79. The number of nitrogens with zero attached hydrogens (tertiary/aromatic N) is 4. The Hall–Kier alpha value is -3.24. The monoisotopic (exact) mass is 405 g/mol. The molecule has 146 valence electrons. The lowest BCUT2D eigenvalue weighted by atomic mass is 10.1. The first-order valence-corrected chi connectivity index (χ1v) is 8.49. The average Bonchev–Trinajstić information content (AvgIpc) is 3.09. The number of nitrogens with two attached hydrogens (primary N) is 1. The van der Waals surface area contributed by atoms with Crippen molar-refractivity contribution in [1.82, 2.24) is 19.3 Å². The number of hydrogen-bond donors (Lipinski definition) is 2. The van der Waals surface area contributed by atoms with Crippen LogP contribution in [-0.4, -0.2) is 30.3 Å². The van der Waals surface area contributed by atoms with Gasteiger partial charge in [0.25, 0.3) is 11.5 Å². The molecule has 0 spiro atoms. The highest BCUT2D eigenvalue weighted by molar-refractivity contribution is 6.30. The third-order valence-corrected chi connectivity index (χ3v) is 4.34. The molecule has 0 unspecified atom stereocenters. The van der Waals surface area contributed by atoms with Gasteiger partial charge in [-0.25, -0.2) is 4.79 Å². The lowest BCUT2D eigenvalue weighted by molar-refractivity contribution is 0.0990. The van der Waals surface area contributed by atoms with Gasteiger partial charge < -0.3 is 15.4 Å². The second-order valence-electron chi connectivity index (χ2n) is 6.04. The van der Waals surface area contributed by atoms with Gasteiger partial charge in [-0.2, -0.15) is 4.98 Å². The summed E-state index contributed by atoms with van der Waals surface area (Å²) >= 11 is 5.82. The molecule has 11 heteroatoms. The van der Waals surface area contributed by atoms with Gasteiger partial charge in [0.15, 0.2) is 5.82 Å². The molecular formula is C17H16ClN5O5. The zero-order valence-electron chi connectivity index (χ0n) is 14.7. The van der Waals surface area contributed by atoms with Crippen LogP contribution in [0.2, 0.25) is 5.02 Å². The Morgan fingerprint density at radius 2 is 2.00 bits per heavy atom. The molecule has 0 fully saturated rings. The molecule has 3 aromatic rings. The van der Waals surface area contributed by atoms with Gasteiger partial charge in [0.1, 0.15) is 12.2 Å². The molecule has 0 aliphatic carbocycles. The summed E-state index contributed by atoms with van der Waals surface area (Å²) in [6.07, 6.45) is -0.813. The fraction of sp³-hybridized carbons (Fsp3) is 0.235. The average molecular weight is 406 g/mol. The summed E-state index contributed by atoms with van der Waals surface area (Å²) in [5.74, 6) is -0.680. The van der Waals surface area contributed by atoms with Crippen LogP contribution in [0.25, 0.3) is 0 Å². The highest BCUT2D eigenvalue weighted by Crippen LogP contribution is 2.19. The Labute approximate surface area is 162 Å². The highest BCUT2D eigenvalue weighted by Gasteiger charge is 2.17. The smallest absolute Gasteiger partial charge is 0.331 e. The number of aliphatic hydroxyl groups is 1. The van der Waals surface area contributed by atoms with E-state index in [-0.39, 0.29) is 30.4 Å². The predicted molar refractivity (Wildman–Crippen MR) is 98.0 cm³/mol. The summed E-state index contributed by atoms with van der Waals surface area (Å²) < 4.78 is 6.86. The normalized spacial score (nSPS) is 12.1. The molecule has 2 heterocycles. The van der Waals surface area contributed by atoms with Crippen molar-refractivity contribution in [2.75, 3.05) is 0 Å². The van der Waals surface area contributed by atoms with Gasteiger partial charge in [-0.05, 0) is 17.7 Å². The van der Waals surface area contributed by atoms with E-state index in [0.717, 1.165) is 15.2 Å². The molecular weight excluding hydrogens is 390 g/mol. The van der Waals surface area contributed by atoms with Crippen LogP contribution in [0.5, 0.6) is 0 Å². The number of aromatic nitrogens is 4. The van der Waals surface area contributed by atoms with Crippen molar-refractivity contribution in [2.45, 2.75) is 19.1 Å². The Morgan fingerprint density at radius 1 is 1.32 bits per heavy atom. The lowest BCUT2D eigenvalue weighted by Crippen LogP contribution is -2.42. The summed E-state index contributed by atoms with van der Waals surface area (Å²) in [4.78, 5) is 39.8. The van der Waals surface area contributed by atoms with Crippen LogP contribution in [0.1, 0.15) is 33.9 Å². The Bertz CT molecular complexity index is 1130.